The number of nitrogens with two attached hydrogens (primary N) is 1. The van der Waals surface area contributed by atoms with Crippen molar-refractivity contribution in [3.8, 4) is 17.4 Å². The molecule has 1 aliphatic rings. The molecule has 0 saturated carbocycles. The number of hydrogen-bond acceptors (Lipinski definition) is 14. The van der Waals surface area contributed by atoms with Crippen LogP contribution in [0.25, 0.3) is 21.9 Å². The first-order chi connectivity index (χ1) is 23.6. The molecule has 49 heavy (non-hydrogen) atoms. The SMILES string of the molecule is CCCOC(=O)[C@H](N=[P+]([O-])Oc1c(OC[C@H]2OC(n3cnc4c(OC)nc(N)nc43)[C@](C)(O)[C@@H]2O)ccc2ccccc12)c1ccccc1. The number of aliphatic hydroxyl groups excluding tert-OH is 1. The first kappa shape index (κ1) is 34.0. The molecule has 6 rings (SSSR count). The first-order valence-electron chi connectivity index (χ1n) is 15.4. The molecule has 2 unspecified atom stereocenters. The van der Waals surface area contributed by atoms with E-state index in [1.807, 2.05) is 19.1 Å². The van der Waals surface area contributed by atoms with Gasteiger partial charge < -0.3 is 39.8 Å². The molecule has 0 aliphatic carbocycles. The van der Waals surface area contributed by atoms with Crippen LogP contribution in [0.3, 0.4) is 0 Å². The summed E-state index contributed by atoms with van der Waals surface area (Å²) in [4.78, 5) is 39.0. The highest BCUT2D eigenvalue weighted by atomic mass is 31.1. The van der Waals surface area contributed by atoms with Crippen LogP contribution in [-0.2, 0) is 14.3 Å². The van der Waals surface area contributed by atoms with E-state index in [1.165, 1.54) is 24.9 Å². The van der Waals surface area contributed by atoms with Gasteiger partial charge in [-0.3, -0.25) is 9.09 Å². The molecule has 15 nitrogen and oxygen atoms in total. The molecular formula is C33H35N6O9P. The monoisotopic (exact) mass is 690 g/mol. The molecule has 0 bridgehead atoms. The lowest BCUT2D eigenvalue weighted by atomic mass is 9.96. The Morgan fingerprint density at radius 3 is 2.67 bits per heavy atom. The van der Waals surface area contributed by atoms with Crippen molar-refractivity contribution in [1.82, 2.24) is 19.5 Å². The molecule has 0 spiro atoms. The Balaban J connectivity index is 1.27. The maximum absolute atomic E-state index is 13.5. The van der Waals surface area contributed by atoms with E-state index in [-0.39, 0.29) is 47.7 Å². The molecule has 1 fully saturated rings. The van der Waals surface area contributed by atoms with Crippen LogP contribution in [0.4, 0.5) is 5.95 Å². The van der Waals surface area contributed by atoms with Crippen LogP contribution in [0.1, 0.15) is 38.1 Å². The maximum atomic E-state index is 13.5. The van der Waals surface area contributed by atoms with Gasteiger partial charge in [-0.05, 0) is 30.4 Å². The van der Waals surface area contributed by atoms with Gasteiger partial charge in [0, 0.05) is 5.39 Å². The van der Waals surface area contributed by atoms with Crippen LogP contribution in [0.5, 0.6) is 17.4 Å². The number of anilines is 1. The number of aliphatic hydroxyl groups is 2. The van der Waals surface area contributed by atoms with Crippen molar-refractivity contribution in [2.45, 2.75) is 50.3 Å². The van der Waals surface area contributed by atoms with Crippen LogP contribution < -0.4 is 24.6 Å². The van der Waals surface area contributed by atoms with E-state index in [4.69, 9.17) is 29.2 Å². The summed E-state index contributed by atoms with van der Waals surface area (Å²) in [6, 6.07) is 18.1. The van der Waals surface area contributed by atoms with Gasteiger partial charge >= 0.3 is 14.1 Å². The van der Waals surface area contributed by atoms with Crippen LogP contribution in [0.15, 0.2) is 77.8 Å². The summed E-state index contributed by atoms with van der Waals surface area (Å²) in [5.74, 6) is -0.319. The van der Waals surface area contributed by atoms with Crippen LogP contribution >= 0.6 is 8.17 Å². The van der Waals surface area contributed by atoms with Crippen molar-refractivity contribution >= 4 is 42.0 Å². The van der Waals surface area contributed by atoms with Crippen molar-refractivity contribution in [1.29, 1.82) is 0 Å². The fourth-order valence-corrected chi connectivity index (χ4v) is 6.37. The number of esters is 1. The Morgan fingerprint density at radius 1 is 1.16 bits per heavy atom. The van der Waals surface area contributed by atoms with Gasteiger partial charge in [0.2, 0.25) is 23.6 Å². The molecule has 0 radical (unpaired) electrons. The molecular weight excluding hydrogens is 655 g/mol. The minimum Gasteiger partial charge on any atom is -0.575 e. The molecule has 5 aromatic rings. The Labute approximate surface area is 281 Å². The van der Waals surface area contributed by atoms with Crippen LogP contribution in [0.2, 0.25) is 0 Å². The summed E-state index contributed by atoms with van der Waals surface area (Å²) >= 11 is 0. The number of aromatic nitrogens is 4. The van der Waals surface area contributed by atoms with Gasteiger partial charge in [-0.15, -0.1) is 0 Å². The molecule has 256 valence electrons. The van der Waals surface area contributed by atoms with E-state index in [0.717, 1.165) is 5.39 Å². The molecule has 1 aliphatic heterocycles. The van der Waals surface area contributed by atoms with Crippen molar-refractivity contribution in [3.05, 3.63) is 78.6 Å². The van der Waals surface area contributed by atoms with Crippen molar-refractivity contribution in [3.63, 3.8) is 0 Å². The first-order valence-corrected chi connectivity index (χ1v) is 16.6. The largest absolute Gasteiger partial charge is 0.575 e. The summed E-state index contributed by atoms with van der Waals surface area (Å²) < 4.78 is 34.4. The fourth-order valence-electron chi connectivity index (χ4n) is 5.56. The summed E-state index contributed by atoms with van der Waals surface area (Å²) in [6.45, 7) is 3.22. The quantitative estimate of drug-likeness (QED) is 0.126. The van der Waals surface area contributed by atoms with Crippen molar-refractivity contribution in [2.75, 3.05) is 26.1 Å². The third-order valence-corrected chi connectivity index (χ3v) is 8.78. The number of nitrogens with zero attached hydrogens (tertiary/aromatic N) is 5. The predicted molar refractivity (Wildman–Crippen MR) is 177 cm³/mol. The van der Waals surface area contributed by atoms with Crippen LogP contribution in [0, 0.1) is 0 Å². The van der Waals surface area contributed by atoms with E-state index in [2.05, 4.69) is 19.7 Å². The number of benzene rings is 3. The molecule has 0 amide bonds. The van der Waals surface area contributed by atoms with Gasteiger partial charge in [-0.2, -0.15) is 9.97 Å². The van der Waals surface area contributed by atoms with Gasteiger partial charge in [0.15, 0.2) is 23.1 Å². The van der Waals surface area contributed by atoms with E-state index in [1.54, 1.807) is 54.6 Å². The lowest BCUT2D eigenvalue weighted by Gasteiger charge is -2.27. The summed E-state index contributed by atoms with van der Waals surface area (Å²) in [6.07, 6.45) is -1.63. The number of rotatable bonds is 12. The van der Waals surface area contributed by atoms with Gasteiger partial charge in [0.1, 0.15) is 24.4 Å². The van der Waals surface area contributed by atoms with E-state index >= 15 is 0 Å². The Morgan fingerprint density at radius 2 is 1.92 bits per heavy atom. The second-order valence-corrected chi connectivity index (χ2v) is 12.4. The number of hydrogen-bond donors (Lipinski definition) is 3. The lowest BCUT2D eigenvalue weighted by molar-refractivity contribution is -0.169. The van der Waals surface area contributed by atoms with Gasteiger partial charge in [0.25, 0.3) is 0 Å². The van der Waals surface area contributed by atoms with Crippen LogP contribution in [-0.4, -0.2) is 73.8 Å². The fraction of sp³-hybridized carbons (Fsp3) is 0.333. The number of methoxy groups -OCH3 is 1. The molecule has 1 saturated heterocycles. The second kappa shape index (κ2) is 14.3. The number of nitrogen functional groups attached to an aromatic ring is 1. The predicted octanol–water partition coefficient (Wildman–Crippen LogP) is 3.59. The summed E-state index contributed by atoms with van der Waals surface area (Å²) in [5, 5.41) is 23.9. The Hall–Kier alpha value is -4.92. The molecule has 3 heterocycles. The standard InChI is InChI=1S/C33H35N6O9P/c1-4-16-45-30(41)24(20-11-6-5-7-12-20)38-49(43)48-26-21-13-9-8-10-19(21)14-15-22(26)46-17-23-27(40)33(2,42)31(47-23)39-18-35-25-28(39)36-32(34)37-29(25)44-3/h5-15,18,23-24,27,31,40,42H,4,16-17H2,1-3H3,(H2,34,36,37)/t23-,24-,27-,31?,33-/m1/s1. The smallest absolute Gasteiger partial charge is 0.395 e. The lowest BCUT2D eigenvalue weighted by Crippen LogP contribution is -2.44. The van der Waals surface area contributed by atoms with E-state index < -0.39 is 44.2 Å². The Kier molecular flexibility index (Phi) is 9.90. The van der Waals surface area contributed by atoms with Gasteiger partial charge in [0.05, 0.1) is 20.0 Å². The highest BCUT2D eigenvalue weighted by Crippen LogP contribution is 2.43. The topological polar surface area (TPSA) is 209 Å². The molecule has 6 atom stereocenters. The number of fused-ring (bicyclic) bond motifs is 2. The maximum Gasteiger partial charge on any atom is 0.395 e. The molecule has 3 aromatic carbocycles. The average Bonchev–Trinajstić information content (AvgIpc) is 3.62. The minimum atomic E-state index is -2.83. The van der Waals surface area contributed by atoms with Crippen molar-refractivity contribution in [2.24, 2.45) is 4.74 Å². The zero-order valence-electron chi connectivity index (χ0n) is 26.9. The highest BCUT2D eigenvalue weighted by Gasteiger charge is 2.54. The molecule has 4 N–H and O–H groups in total. The summed E-state index contributed by atoms with van der Waals surface area (Å²) in [5.41, 5.74) is 5.06. The Bertz CT molecular complexity index is 1990. The normalized spacial score (nSPS) is 21.5. The number of ether oxygens (including phenoxy) is 4. The zero-order valence-corrected chi connectivity index (χ0v) is 27.8. The van der Waals surface area contributed by atoms with Gasteiger partial charge in [-0.1, -0.05) is 72.3 Å². The number of carbonyl (C=O) groups is 1. The number of carbonyl (C=O) groups excluding carboxylic acids is 1. The average molecular weight is 691 g/mol. The second-order valence-electron chi connectivity index (χ2n) is 11.5. The van der Waals surface area contributed by atoms with Crippen molar-refractivity contribution < 1.29 is 43.4 Å². The van der Waals surface area contributed by atoms with E-state index in [0.29, 0.717) is 17.4 Å². The van der Waals surface area contributed by atoms with Gasteiger partial charge in [-0.25, -0.2) is 9.78 Å². The van der Waals surface area contributed by atoms with E-state index in [9.17, 15) is 19.9 Å². The number of imidazole rings is 1. The molecule has 16 heteroatoms. The highest BCUT2D eigenvalue weighted by molar-refractivity contribution is 7.34. The zero-order chi connectivity index (χ0) is 34.7. The summed E-state index contributed by atoms with van der Waals surface area (Å²) in [7, 11) is -1.41. The molecule has 2 aromatic heterocycles. The third kappa shape index (κ3) is 6.84. The minimum absolute atomic E-state index is 0.0778. The third-order valence-electron chi connectivity index (χ3n) is 8.02.